The molecule has 0 aliphatic heterocycles. The van der Waals surface area contributed by atoms with Crippen molar-refractivity contribution in [3.8, 4) is 0 Å². The van der Waals surface area contributed by atoms with E-state index in [1.54, 1.807) is 6.20 Å². The Morgan fingerprint density at radius 3 is 3.00 bits per heavy atom. The number of nitrogens with zero attached hydrogens (tertiary/aromatic N) is 1. The summed E-state index contributed by atoms with van der Waals surface area (Å²) >= 11 is 3.22. The molecular formula is C12H11BrFN3O. The summed E-state index contributed by atoms with van der Waals surface area (Å²) in [6, 6.07) is 4.00. The molecule has 1 amide bonds. The van der Waals surface area contributed by atoms with Crippen LogP contribution in [0.15, 0.2) is 28.9 Å². The van der Waals surface area contributed by atoms with Crippen LogP contribution in [0.5, 0.6) is 0 Å². The molecule has 18 heavy (non-hydrogen) atoms. The molecule has 0 saturated heterocycles. The van der Waals surface area contributed by atoms with Crippen LogP contribution in [-0.4, -0.2) is 16.1 Å². The number of hydrogen-bond donors (Lipinski definition) is 2. The number of amides is 1. The molecule has 1 aromatic carbocycles. The summed E-state index contributed by atoms with van der Waals surface area (Å²) in [4.78, 5) is 11.9. The topological polar surface area (TPSA) is 57.8 Å². The van der Waals surface area contributed by atoms with Crippen LogP contribution in [0, 0.1) is 12.7 Å². The quantitative estimate of drug-likeness (QED) is 0.915. The molecule has 2 rings (SSSR count). The molecule has 0 bridgehead atoms. The number of halogens is 2. The summed E-state index contributed by atoms with van der Waals surface area (Å²) in [7, 11) is 0. The fraction of sp³-hybridized carbons (Fsp3) is 0.167. The van der Waals surface area contributed by atoms with Crippen LogP contribution < -0.4 is 5.32 Å². The molecule has 0 aliphatic carbocycles. The van der Waals surface area contributed by atoms with Crippen LogP contribution in [0.3, 0.4) is 0 Å². The van der Waals surface area contributed by atoms with Gasteiger partial charge in [-0.3, -0.25) is 9.89 Å². The Labute approximate surface area is 112 Å². The highest BCUT2D eigenvalue weighted by Gasteiger charge is 2.11. The van der Waals surface area contributed by atoms with E-state index >= 15 is 0 Å². The van der Waals surface area contributed by atoms with Gasteiger partial charge in [0.15, 0.2) is 0 Å². The second kappa shape index (κ2) is 5.30. The van der Waals surface area contributed by atoms with E-state index in [2.05, 4.69) is 31.4 Å². The average molecular weight is 312 g/mol. The van der Waals surface area contributed by atoms with Gasteiger partial charge in [-0.15, -0.1) is 0 Å². The number of aromatic amines is 1. The van der Waals surface area contributed by atoms with Gasteiger partial charge in [0.1, 0.15) is 5.82 Å². The van der Waals surface area contributed by atoms with Crippen molar-refractivity contribution in [1.82, 2.24) is 15.5 Å². The third-order valence-electron chi connectivity index (χ3n) is 2.55. The lowest BCUT2D eigenvalue weighted by Crippen LogP contribution is -2.23. The Morgan fingerprint density at radius 1 is 1.56 bits per heavy atom. The Morgan fingerprint density at radius 2 is 2.33 bits per heavy atom. The van der Waals surface area contributed by atoms with Gasteiger partial charge in [-0.05, 0) is 41.1 Å². The van der Waals surface area contributed by atoms with Crippen molar-refractivity contribution in [1.29, 1.82) is 0 Å². The molecule has 0 aliphatic rings. The maximum Gasteiger partial charge on any atom is 0.252 e. The number of hydrogen-bond acceptors (Lipinski definition) is 2. The third-order valence-corrected chi connectivity index (χ3v) is 3.24. The molecule has 1 heterocycles. The molecule has 2 aromatic rings. The minimum Gasteiger partial charge on any atom is -0.348 e. The number of rotatable bonds is 3. The summed E-state index contributed by atoms with van der Waals surface area (Å²) in [5.74, 6) is -0.773. The molecule has 94 valence electrons. The second-order valence-electron chi connectivity index (χ2n) is 3.83. The van der Waals surface area contributed by atoms with E-state index in [0.717, 1.165) is 11.3 Å². The zero-order valence-electron chi connectivity index (χ0n) is 9.63. The Kier molecular flexibility index (Phi) is 3.76. The van der Waals surface area contributed by atoms with E-state index in [4.69, 9.17) is 0 Å². The third kappa shape index (κ3) is 2.76. The van der Waals surface area contributed by atoms with Crippen LogP contribution in [0.2, 0.25) is 0 Å². The van der Waals surface area contributed by atoms with Crippen LogP contribution >= 0.6 is 15.9 Å². The molecule has 0 unspecified atom stereocenters. The number of carbonyl (C=O) groups is 1. The number of benzene rings is 1. The lowest BCUT2D eigenvalue weighted by Gasteiger charge is -2.06. The van der Waals surface area contributed by atoms with Crippen molar-refractivity contribution in [2.24, 2.45) is 0 Å². The molecule has 0 saturated carbocycles. The standard InChI is InChI=1S/C12H11BrFN3O/c1-7-8(6-16-17-7)5-15-12(18)10-4-9(14)2-3-11(10)13/h2-4,6H,5H2,1H3,(H,15,18)(H,16,17). The number of nitrogens with one attached hydrogen (secondary N) is 2. The van der Waals surface area contributed by atoms with Gasteiger partial charge in [-0.25, -0.2) is 4.39 Å². The van der Waals surface area contributed by atoms with E-state index < -0.39 is 5.82 Å². The zero-order valence-corrected chi connectivity index (χ0v) is 11.2. The number of H-pyrrole nitrogens is 1. The van der Waals surface area contributed by atoms with E-state index in [9.17, 15) is 9.18 Å². The Hall–Kier alpha value is -1.69. The predicted molar refractivity (Wildman–Crippen MR) is 68.6 cm³/mol. The van der Waals surface area contributed by atoms with E-state index in [1.165, 1.54) is 18.2 Å². The van der Waals surface area contributed by atoms with E-state index in [-0.39, 0.29) is 11.5 Å². The zero-order chi connectivity index (χ0) is 13.1. The van der Waals surface area contributed by atoms with E-state index in [1.807, 2.05) is 6.92 Å². The smallest absolute Gasteiger partial charge is 0.252 e. The summed E-state index contributed by atoms with van der Waals surface area (Å²) in [6.07, 6.45) is 1.65. The SMILES string of the molecule is Cc1[nH]ncc1CNC(=O)c1cc(F)ccc1Br. The molecule has 2 N–H and O–H groups in total. The summed E-state index contributed by atoms with van der Waals surface area (Å²) in [5, 5.41) is 9.36. The first-order valence-corrected chi connectivity index (χ1v) is 6.09. The van der Waals surface area contributed by atoms with Crippen LogP contribution in [0.1, 0.15) is 21.6 Å². The fourth-order valence-corrected chi connectivity index (χ4v) is 1.92. The number of aromatic nitrogens is 2. The minimum atomic E-state index is -0.442. The first kappa shape index (κ1) is 12.8. The molecule has 0 spiro atoms. The average Bonchev–Trinajstić information content (AvgIpc) is 2.75. The van der Waals surface area contributed by atoms with Gasteiger partial charge in [-0.2, -0.15) is 5.10 Å². The predicted octanol–water partition coefficient (Wildman–Crippen LogP) is 2.55. The molecule has 0 atom stereocenters. The van der Waals surface area contributed by atoms with Crippen molar-refractivity contribution >= 4 is 21.8 Å². The van der Waals surface area contributed by atoms with Crippen molar-refractivity contribution in [3.05, 3.63) is 51.5 Å². The number of carbonyl (C=O) groups excluding carboxylic acids is 1. The first-order valence-electron chi connectivity index (χ1n) is 5.30. The van der Waals surface area contributed by atoms with Crippen molar-refractivity contribution < 1.29 is 9.18 Å². The number of aryl methyl sites for hydroxylation is 1. The van der Waals surface area contributed by atoms with Gasteiger partial charge in [0.05, 0.1) is 11.8 Å². The van der Waals surface area contributed by atoms with Gasteiger partial charge >= 0.3 is 0 Å². The van der Waals surface area contributed by atoms with Gasteiger partial charge in [0.2, 0.25) is 0 Å². The molecule has 1 aromatic heterocycles. The van der Waals surface area contributed by atoms with Crippen LogP contribution in [-0.2, 0) is 6.54 Å². The van der Waals surface area contributed by atoms with Crippen LogP contribution in [0.4, 0.5) is 4.39 Å². The van der Waals surface area contributed by atoms with E-state index in [0.29, 0.717) is 11.0 Å². The molecule has 0 fully saturated rings. The monoisotopic (exact) mass is 311 g/mol. The largest absolute Gasteiger partial charge is 0.348 e. The Bertz CT molecular complexity index is 582. The van der Waals surface area contributed by atoms with Crippen LogP contribution in [0.25, 0.3) is 0 Å². The summed E-state index contributed by atoms with van der Waals surface area (Å²) < 4.78 is 13.6. The first-order chi connectivity index (χ1) is 8.58. The molecular weight excluding hydrogens is 301 g/mol. The minimum absolute atomic E-state index is 0.274. The van der Waals surface area contributed by atoms with Gasteiger partial charge in [0.25, 0.3) is 5.91 Å². The summed E-state index contributed by atoms with van der Waals surface area (Å²) in [6.45, 7) is 2.22. The Balaban J connectivity index is 2.08. The van der Waals surface area contributed by atoms with Crippen molar-refractivity contribution in [2.45, 2.75) is 13.5 Å². The van der Waals surface area contributed by atoms with Gasteiger partial charge < -0.3 is 5.32 Å². The van der Waals surface area contributed by atoms with Crippen molar-refractivity contribution in [3.63, 3.8) is 0 Å². The highest BCUT2D eigenvalue weighted by atomic mass is 79.9. The second-order valence-corrected chi connectivity index (χ2v) is 4.68. The fourth-order valence-electron chi connectivity index (χ4n) is 1.50. The highest BCUT2D eigenvalue weighted by molar-refractivity contribution is 9.10. The van der Waals surface area contributed by atoms with Crippen molar-refractivity contribution in [2.75, 3.05) is 0 Å². The highest BCUT2D eigenvalue weighted by Crippen LogP contribution is 2.17. The molecule has 0 radical (unpaired) electrons. The normalized spacial score (nSPS) is 10.4. The van der Waals surface area contributed by atoms with Gasteiger partial charge in [0, 0.05) is 22.3 Å². The maximum absolute atomic E-state index is 13.1. The summed E-state index contributed by atoms with van der Waals surface area (Å²) in [5.41, 5.74) is 2.07. The lowest BCUT2D eigenvalue weighted by atomic mass is 10.2. The van der Waals surface area contributed by atoms with Gasteiger partial charge in [-0.1, -0.05) is 0 Å². The maximum atomic E-state index is 13.1. The lowest BCUT2D eigenvalue weighted by molar-refractivity contribution is 0.0949. The molecule has 4 nitrogen and oxygen atoms in total. The molecule has 6 heteroatoms.